The smallest absolute Gasteiger partial charge is 0.261 e. The number of ether oxygens (including phenoxy) is 2. The number of nitrogens with zero attached hydrogens (tertiary/aromatic N) is 2. The van der Waals surface area contributed by atoms with Crippen LogP contribution in [0.2, 0.25) is 0 Å². The van der Waals surface area contributed by atoms with Crippen molar-refractivity contribution in [1.82, 2.24) is 14.5 Å². The number of carbonyl (C=O) groups is 2. The molecule has 46 heavy (non-hydrogen) atoms. The van der Waals surface area contributed by atoms with Crippen molar-refractivity contribution in [3.63, 3.8) is 0 Å². The fraction of sp³-hybridized carbons (Fsp3) is 0.371. The van der Waals surface area contributed by atoms with Gasteiger partial charge in [-0.3, -0.25) is 9.59 Å². The van der Waals surface area contributed by atoms with Crippen LogP contribution in [0.1, 0.15) is 49.3 Å². The second-order valence-electron chi connectivity index (χ2n) is 11.4. The molecule has 0 unspecified atom stereocenters. The molecule has 0 saturated carbocycles. The molecule has 0 spiro atoms. The number of rotatable bonds is 13. The molecule has 3 aromatic rings. The molecular weight excluding hydrogens is 609 g/mol. The Morgan fingerprint density at radius 2 is 1.67 bits per heavy atom. The number of hydrogen-bond donors (Lipinski definition) is 1. The van der Waals surface area contributed by atoms with Crippen LogP contribution in [-0.2, 0) is 30.9 Å². The highest BCUT2D eigenvalue weighted by atomic mass is 32.2. The van der Waals surface area contributed by atoms with E-state index in [-0.39, 0.29) is 30.4 Å². The molecule has 1 saturated heterocycles. The molecule has 9 nitrogen and oxygen atoms in total. The van der Waals surface area contributed by atoms with E-state index in [2.05, 4.69) is 11.4 Å². The van der Waals surface area contributed by atoms with Crippen molar-refractivity contribution >= 4 is 21.8 Å². The minimum absolute atomic E-state index is 0.0390. The zero-order valence-corrected chi connectivity index (χ0v) is 26.6. The number of amides is 2. The lowest BCUT2D eigenvalue weighted by molar-refractivity contribution is -0.143. The van der Waals surface area contributed by atoms with E-state index in [1.807, 2.05) is 18.2 Å². The van der Waals surface area contributed by atoms with E-state index in [0.29, 0.717) is 36.6 Å². The van der Waals surface area contributed by atoms with Gasteiger partial charge >= 0.3 is 0 Å². The average Bonchev–Trinajstić information content (AvgIpc) is 3.09. The van der Waals surface area contributed by atoms with Crippen LogP contribution in [0.25, 0.3) is 0 Å². The largest absolute Gasteiger partial charge is 0.484 e. The lowest BCUT2D eigenvalue weighted by Crippen LogP contribution is -2.45. The SMILES string of the molecule is O=C(NCCC1=CCCCC1)[C@H](c1ccccc1)N(Cc1ccc(F)cc1)C(=O)COc1ccc(S(=O)(=O)N2CCOCC2)cc1. The Morgan fingerprint density at radius 3 is 2.35 bits per heavy atom. The highest BCUT2D eigenvalue weighted by molar-refractivity contribution is 7.89. The third kappa shape index (κ3) is 8.80. The van der Waals surface area contributed by atoms with E-state index in [0.717, 1.165) is 25.7 Å². The quantitative estimate of drug-likeness (QED) is 0.262. The fourth-order valence-corrected chi connectivity index (χ4v) is 7.07. The number of nitrogens with one attached hydrogen (secondary N) is 1. The summed E-state index contributed by atoms with van der Waals surface area (Å²) in [6, 6.07) is 19.8. The molecule has 1 fully saturated rings. The van der Waals surface area contributed by atoms with Gasteiger partial charge in [0.05, 0.1) is 18.1 Å². The summed E-state index contributed by atoms with van der Waals surface area (Å²) in [4.78, 5) is 29.3. The summed E-state index contributed by atoms with van der Waals surface area (Å²) in [5.74, 6) is -0.889. The molecule has 1 aliphatic heterocycles. The lowest BCUT2D eigenvalue weighted by atomic mass is 9.97. The molecule has 2 aliphatic rings. The molecule has 1 aliphatic carbocycles. The Labute approximate surface area is 270 Å². The first-order valence-electron chi connectivity index (χ1n) is 15.7. The normalized spacial score (nSPS) is 16.2. The summed E-state index contributed by atoms with van der Waals surface area (Å²) >= 11 is 0. The van der Waals surface area contributed by atoms with E-state index in [1.165, 1.54) is 57.6 Å². The zero-order valence-electron chi connectivity index (χ0n) is 25.8. The monoisotopic (exact) mass is 649 g/mol. The van der Waals surface area contributed by atoms with E-state index in [1.54, 1.807) is 24.3 Å². The number of morpholine rings is 1. The molecule has 0 radical (unpaired) electrons. The Hall–Kier alpha value is -4.06. The van der Waals surface area contributed by atoms with Gasteiger partial charge in [-0.05, 0) is 79.6 Å². The van der Waals surface area contributed by atoms with Crippen molar-refractivity contribution in [2.75, 3.05) is 39.5 Å². The van der Waals surface area contributed by atoms with Crippen LogP contribution in [0.4, 0.5) is 4.39 Å². The van der Waals surface area contributed by atoms with Crippen LogP contribution in [0, 0.1) is 5.82 Å². The van der Waals surface area contributed by atoms with Crippen LogP contribution >= 0.6 is 0 Å². The fourth-order valence-electron chi connectivity index (χ4n) is 5.66. The van der Waals surface area contributed by atoms with Gasteiger partial charge in [-0.2, -0.15) is 4.31 Å². The molecule has 1 heterocycles. The zero-order chi connectivity index (χ0) is 32.4. The van der Waals surface area contributed by atoms with Crippen molar-refractivity contribution in [3.8, 4) is 5.75 Å². The number of sulfonamides is 1. The highest BCUT2D eigenvalue weighted by Crippen LogP contribution is 2.26. The van der Waals surface area contributed by atoms with Gasteiger partial charge in [0.1, 0.15) is 17.6 Å². The predicted molar refractivity (Wildman–Crippen MR) is 172 cm³/mol. The molecule has 11 heteroatoms. The maximum atomic E-state index is 13.9. The number of carbonyl (C=O) groups excluding carboxylic acids is 2. The number of hydrogen-bond acceptors (Lipinski definition) is 6. The third-order valence-electron chi connectivity index (χ3n) is 8.19. The van der Waals surface area contributed by atoms with E-state index in [9.17, 15) is 22.4 Å². The van der Waals surface area contributed by atoms with Crippen molar-refractivity contribution in [1.29, 1.82) is 0 Å². The maximum Gasteiger partial charge on any atom is 0.261 e. The summed E-state index contributed by atoms with van der Waals surface area (Å²) in [5, 5.41) is 3.04. The second-order valence-corrected chi connectivity index (χ2v) is 13.3. The van der Waals surface area contributed by atoms with Crippen molar-refractivity contribution < 1.29 is 31.9 Å². The minimum Gasteiger partial charge on any atom is -0.484 e. The minimum atomic E-state index is -3.68. The summed E-state index contributed by atoms with van der Waals surface area (Å²) in [6.45, 7) is 1.34. The number of benzene rings is 3. The summed E-state index contributed by atoms with van der Waals surface area (Å²) in [6.07, 6.45) is 7.42. The molecule has 0 aromatic heterocycles. The average molecular weight is 650 g/mol. The van der Waals surface area contributed by atoms with Crippen LogP contribution in [0.15, 0.2) is 95.4 Å². The molecular formula is C35H40FN3O6S. The predicted octanol–water partition coefficient (Wildman–Crippen LogP) is 5.00. The number of allylic oxidation sites excluding steroid dienone is 1. The van der Waals surface area contributed by atoms with Crippen LogP contribution in [0.5, 0.6) is 5.75 Å². The van der Waals surface area contributed by atoms with Gasteiger partial charge in [0.2, 0.25) is 15.9 Å². The first kappa shape index (κ1) is 33.3. The van der Waals surface area contributed by atoms with Gasteiger partial charge in [-0.25, -0.2) is 12.8 Å². The third-order valence-corrected chi connectivity index (χ3v) is 10.1. The molecule has 5 rings (SSSR count). The van der Waals surface area contributed by atoms with Crippen LogP contribution in [-0.4, -0.2) is 68.9 Å². The molecule has 2 amide bonds. The first-order chi connectivity index (χ1) is 22.3. The second kappa shape index (κ2) is 16.0. The Bertz CT molecular complexity index is 1590. The van der Waals surface area contributed by atoms with Crippen LogP contribution in [0.3, 0.4) is 0 Å². The summed E-state index contributed by atoms with van der Waals surface area (Å²) < 4.78 is 52.2. The summed E-state index contributed by atoms with van der Waals surface area (Å²) in [7, 11) is -3.68. The maximum absolute atomic E-state index is 13.9. The Morgan fingerprint density at radius 1 is 0.957 bits per heavy atom. The van der Waals surface area contributed by atoms with Gasteiger partial charge in [0.25, 0.3) is 5.91 Å². The van der Waals surface area contributed by atoms with Crippen molar-refractivity contribution in [3.05, 3.63) is 107 Å². The first-order valence-corrected chi connectivity index (χ1v) is 17.1. The Balaban J connectivity index is 1.33. The molecule has 0 bridgehead atoms. The molecule has 3 aromatic carbocycles. The lowest BCUT2D eigenvalue weighted by Gasteiger charge is -2.31. The van der Waals surface area contributed by atoms with Gasteiger partial charge in [0.15, 0.2) is 6.61 Å². The van der Waals surface area contributed by atoms with Gasteiger partial charge in [-0.15, -0.1) is 0 Å². The van der Waals surface area contributed by atoms with Gasteiger partial charge < -0.3 is 19.7 Å². The van der Waals surface area contributed by atoms with Crippen LogP contribution < -0.4 is 10.1 Å². The molecule has 1 N–H and O–H groups in total. The summed E-state index contributed by atoms with van der Waals surface area (Å²) in [5.41, 5.74) is 2.61. The Kier molecular flexibility index (Phi) is 11.6. The molecule has 1 atom stereocenters. The standard InChI is InChI=1S/C35H40FN3O6S/c36-30-13-11-28(12-14-30)25-39(34(29-9-5-2-6-10-29)35(41)37-20-19-27-7-3-1-4-8-27)33(40)26-45-31-15-17-32(18-16-31)46(42,43)38-21-23-44-24-22-38/h2,5-7,9-18,34H,1,3-4,8,19-26H2,(H,37,41)/t34-/m0/s1. The van der Waals surface area contributed by atoms with Gasteiger partial charge in [0, 0.05) is 26.2 Å². The topological polar surface area (TPSA) is 105 Å². The van der Waals surface area contributed by atoms with E-state index >= 15 is 0 Å². The van der Waals surface area contributed by atoms with Crippen molar-refractivity contribution in [2.24, 2.45) is 0 Å². The van der Waals surface area contributed by atoms with E-state index in [4.69, 9.17) is 9.47 Å². The number of halogens is 1. The highest BCUT2D eigenvalue weighted by Gasteiger charge is 2.32. The van der Waals surface area contributed by atoms with E-state index < -0.39 is 34.4 Å². The van der Waals surface area contributed by atoms with Gasteiger partial charge in [-0.1, -0.05) is 54.1 Å². The van der Waals surface area contributed by atoms with Crippen molar-refractivity contribution in [2.45, 2.75) is 49.6 Å². The molecule has 244 valence electrons.